The van der Waals surface area contributed by atoms with E-state index in [2.05, 4.69) is 21.7 Å². The summed E-state index contributed by atoms with van der Waals surface area (Å²) in [6, 6.07) is 0. The molecule has 0 atom stereocenters. The molecule has 0 bridgehead atoms. The van der Waals surface area contributed by atoms with Crippen LogP contribution in [0.2, 0.25) is 0 Å². The molecule has 0 aliphatic heterocycles. The first kappa shape index (κ1) is 38.1. The van der Waals surface area contributed by atoms with Gasteiger partial charge in [0.2, 0.25) is 0 Å². The molecule has 14 heavy (non-hydrogen) atoms. The summed E-state index contributed by atoms with van der Waals surface area (Å²) < 4.78 is 0. The van der Waals surface area contributed by atoms with Crippen LogP contribution in [0.25, 0.3) is 0 Å². The summed E-state index contributed by atoms with van der Waals surface area (Å²) in [5.41, 5.74) is 0. The topological polar surface area (TPSA) is 177 Å². The van der Waals surface area contributed by atoms with Crippen molar-refractivity contribution in [3.63, 3.8) is 0 Å². The maximum Gasteiger partial charge on any atom is 2.00 e. The molecule has 0 saturated carbocycles. The Morgan fingerprint density at radius 3 is 1.00 bits per heavy atom. The second kappa shape index (κ2) is 157. The Hall–Kier alpha value is -0.923. The molecule has 10 nitrogen and oxygen atoms in total. The predicted octanol–water partition coefficient (Wildman–Crippen LogP) is -0.696. The van der Waals surface area contributed by atoms with Gasteiger partial charge in [0.05, 0.1) is 0 Å². The van der Waals surface area contributed by atoms with Crippen LogP contribution in [0.3, 0.4) is 0 Å². The standard InChI is InChI=1S/2CN.2H2N2O2.2Pt/c2*1-2;2*1-4-2-3;;/h;;2*1H2;;/q2*-1;;;;+2. The van der Waals surface area contributed by atoms with Gasteiger partial charge in [-0.2, -0.15) is 0 Å². The van der Waals surface area contributed by atoms with Crippen LogP contribution in [0.5, 0.6) is 0 Å². The van der Waals surface area contributed by atoms with Gasteiger partial charge in [-0.05, 0) is 0 Å². The molecule has 0 saturated heterocycles. The van der Waals surface area contributed by atoms with Crippen LogP contribution >= 0.6 is 0 Å². The Labute approximate surface area is 108 Å². The van der Waals surface area contributed by atoms with Crippen molar-refractivity contribution in [1.29, 1.82) is 10.5 Å². The van der Waals surface area contributed by atoms with Crippen molar-refractivity contribution in [2.75, 3.05) is 0 Å². The Morgan fingerprint density at radius 1 is 0.929 bits per heavy atom. The van der Waals surface area contributed by atoms with Crippen molar-refractivity contribution in [3.8, 4) is 0 Å². The molecule has 0 amide bonds. The molecule has 0 aromatic carbocycles. The Morgan fingerprint density at radius 2 is 1.00 bits per heavy atom. The van der Waals surface area contributed by atoms with E-state index in [-0.39, 0.29) is 42.1 Å². The van der Waals surface area contributed by atoms with Gasteiger partial charge in [0.25, 0.3) is 0 Å². The van der Waals surface area contributed by atoms with Crippen LogP contribution < -0.4 is 11.8 Å². The number of hydrogen-bond acceptors (Lipinski definition) is 10. The summed E-state index contributed by atoms with van der Waals surface area (Å²) in [6.07, 6.45) is 0. The van der Waals surface area contributed by atoms with E-state index < -0.39 is 0 Å². The van der Waals surface area contributed by atoms with Crippen molar-refractivity contribution in [2.24, 2.45) is 22.5 Å². The molecule has 4 N–H and O–H groups in total. The maximum atomic E-state index is 8.58. The monoisotopic (exact) mass is 566 g/mol. The van der Waals surface area contributed by atoms with E-state index in [4.69, 9.17) is 33.5 Å². The minimum absolute atomic E-state index is 0. The van der Waals surface area contributed by atoms with Crippen LogP contribution in [0, 0.1) is 33.5 Å². The van der Waals surface area contributed by atoms with Crippen LogP contribution in [0.1, 0.15) is 0 Å². The van der Waals surface area contributed by atoms with Gasteiger partial charge in [-0.1, -0.05) is 0 Å². The molecule has 0 aliphatic carbocycles. The van der Waals surface area contributed by atoms with Crippen LogP contribution in [0.15, 0.2) is 10.7 Å². The average molecular weight is 566 g/mol. The summed E-state index contributed by atoms with van der Waals surface area (Å²) in [5.74, 6) is 8.10. The molecule has 0 aromatic rings. The molecular weight excluding hydrogens is 562 g/mol. The first-order chi connectivity index (χ1) is 5.83. The van der Waals surface area contributed by atoms with E-state index in [0.29, 0.717) is 0 Å². The first-order valence-corrected chi connectivity index (χ1v) is 1.65. The number of nitrogens with two attached hydrogens (primary N) is 2. The van der Waals surface area contributed by atoms with E-state index >= 15 is 0 Å². The molecule has 0 rings (SSSR count). The van der Waals surface area contributed by atoms with Gasteiger partial charge in [0.15, 0.2) is 10.7 Å². The third kappa shape index (κ3) is 970. The van der Waals surface area contributed by atoms with Crippen molar-refractivity contribution < 1.29 is 52.0 Å². The fourth-order valence-corrected chi connectivity index (χ4v) is 0. The maximum absolute atomic E-state index is 8.58. The Bertz CT molecular complexity index is 105. The predicted molar refractivity (Wildman–Crippen MR) is 32.1 cm³/mol. The summed E-state index contributed by atoms with van der Waals surface area (Å²) in [5, 5.41) is 16.0. The molecule has 0 fully saturated rings. The fourth-order valence-electron chi connectivity index (χ4n) is 0. The minimum Gasteiger partial charge on any atom is -0.512 e. The molecular formula is C2H4N6O4Pt2. The largest absolute Gasteiger partial charge is 2.00 e. The van der Waals surface area contributed by atoms with Gasteiger partial charge in [-0.25, -0.2) is 0 Å². The minimum atomic E-state index is 0. The molecule has 0 aromatic heterocycles. The molecule has 0 unspecified atom stereocenters. The summed E-state index contributed by atoms with van der Waals surface area (Å²) >= 11 is 0. The van der Waals surface area contributed by atoms with Gasteiger partial charge in [-0.15, -0.1) is 21.6 Å². The molecule has 86 valence electrons. The molecule has 0 spiro atoms. The van der Waals surface area contributed by atoms with E-state index in [1.165, 1.54) is 0 Å². The van der Waals surface area contributed by atoms with Crippen molar-refractivity contribution in [3.05, 3.63) is 23.0 Å². The molecule has 12 heteroatoms. The van der Waals surface area contributed by atoms with Crippen LogP contribution in [0.4, 0.5) is 0 Å². The zero-order valence-corrected chi connectivity index (χ0v) is 10.8. The van der Waals surface area contributed by atoms with E-state index in [0.717, 1.165) is 0 Å². The smallest absolute Gasteiger partial charge is 0.512 e. The van der Waals surface area contributed by atoms with E-state index in [9.17, 15) is 0 Å². The Kier molecular flexibility index (Phi) is 426. The first-order valence-electron chi connectivity index (χ1n) is 1.65. The fraction of sp³-hybridized carbons (Fsp3) is 0. The zero-order chi connectivity index (χ0) is 10.8. The molecule has 0 aliphatic rings. The normalized spacial score (nSPS) is 3.29. The Balaban J connectivity index is -0.0000000153. The van der Waals surface area contributed by atoms with Crippen molar-refractivity contribution in [1.82, 2.24) is 0 Å². The summed E-state index contributed by atoms with van der Waals surface area (Å²) in [7, 11) is 0. The quantitative estimate of drug-likeness (QED) is 0.251. The van der Waals surface area contributed by atoms with Crippen LogP contribution in [-0.4, -0.2) is 0 Å². The average Bonchev–Trinajstić information content (AvgIpc) is 2.23. The summed E-state index contributed by atoms with van der Waals surface area (Å²) in [6.45, 7) is 9.50. The molecule has 0 heterocycles. The third-order valence-corrected chi connectivity index (χ3v) is 0.0861. The SMILES string of the molecule is NON=O.NON=O.[C-]#N.[C-]#N.[Pt+2].[Pt]. The van der Waals surface area contributed by atoms with Gasteiger partial charge in [-0.3, -0.25) is 9.88 Å². The van der Waals surface area contributed by atoms with Crippen LogP contribution in [-0.2, 0) is 52.0 Å². The second-order valence-corrected chi connectivity index (χ2v) is 0.360. The third-order valence-electron chi connectivity index (χ3n) is 0.0861. The van der Waals surface area contributed by atoms with Gasteiger partial charge >= 0.3 is 21.1 Å². The number of nitrogens with zero attached hydrogens (tertiary/aromatic N) is 4. The van der Waals surface area contributed by atoms with Crippen molar-refractivity contribution in [2.45, 2.75) is 0 Å². The second-order valence-electron chi connectivity index (χ2n) is 0.360. The van der Waals surface area contributed by atoms with Gasteiger partial charge < -0.3 is 23.7 Å². The van der Waals surface area contributed by atoms with E-state index in [1.54, 1.807) is 10.7 Å². The van der Waals surface area contributed by atoms with Crippen molar-refractivity contribution >= 4 is 0 Å². The number of hydrogen-bond donors (Lipinski definition) is 2. The van der Waals surface area contributed by atoms with Gasteiger partial charge in [0.1, 0.15) is 0 Å². The molecule has 0 radical (unpaired) electrons. The summed E-state index contributed by atoms with van der Waals surface area (Å²) in [4.78, 5) is 23.4. The number of rotatable bonds is 2. The zero-order valence-electron chi connectivity index (χ0n) is 6.21. The van der Waals surface area contributed by atoms with Gasteiger partial charge in [0, 0.05) is 21.1 Å². The van der Waals surface area contributed by atoms with E-state index in [1.807, 2.05) is 0 Å².